The number of aromatic nitrogens is 4. The van der Waals surface area contributed by atoms with E-state index >= 15 is 0 Å². The number of hydrogen-bond acceptors (Lipinski definition) is 5. The molecule has 2 aromatic rings. The van der Waals surface area contributed by atoms with Crippen molar-refractivity contribution in [3.8, 4) is 5.95 Å². The summed E-state index contributed by atoms with van der Waals surface area (Å²) in [4.78, 5) is 24.1. The van der Waals surface area contributed by atoms with Gasteiger partial charge in [-0.2, -0.15) is 5.10 Å². The van der Waals surface area contributed by atoms with E-state index in [1.165, 1.54) is 0 Å². The summed E-state index contributed by atoms with van der Waals surface area (Å²) in [6, 6.07) is 2.03. The summed E-state index contributed by atoms with van der Waals surface area (Å²) < 4.78 is 1.63. The molecule has 1 aliphatic heterocycles. The van der Waals surface area contributed by atoms with Gasteiger partial charge in [0.2, 0.25) is 0 Å². The molecular weight excluding hydrogens is 340 g/mol. The van der Waals surface area contributed by atoms with Gasteiger partial charge in [-0.05, 0) is 37.7 Å². The summed E-state index contributed by atoms with van der Waals surface area (Å²) in [5.74, 6) is 0.625. The van der Waals surface area contributed by atoms with Crippen molar-refractivity contribution >= 4 is 5.91 Å². The Kier molecular flexibility index (Phi) is 5.08. The van der Waals surface area contributed by atoms with Gasteiger partial charge in [-0.15, -0.1) is 0 Å². The second-order valence-electron chi connectivity index (χ2n) is 8.59. The molecule has 0 saturated carbocycles. The van der Waals surface area contributed by atoms with E-state index in [1.54, 1.807) is 10.9 Å². The molecule has 3 heterocycles. The van der Waals surface area contributed by atoms with Gasteiger partial charge in [0.25, 0.3) is 11.9 Å². The summed E-state index contributed by atoms with van der Waals surface area (Å²) in [5.41, 5.74) is 9.28. The van der Waals surface area contributed by atoms with E-state index in [-0.39, 0.29) is 23.3 Å². The largest absolute Gasteiger partial charge is 0.338 e. The highest BCUT2D eigenvalue weighted by Crippen LogP contribution is 2.30. The van der Waals surface area contributed by atoms with E-state index in [1.807, 2.05) is 38.7 Å². The smallest absolute Gasteiger partial charge is 0.257 e. The van der Waals surface area contributed by atoms with Crippen molar-refractivity contribution in [1.82, 2.24) is 24.6 Å². The number of hydrogen-bond donors (Lipinski definition) is 1. The van der Waals surface area contributed by atoms with Gasteiger partial charge in [0, 0.05) is 36.7 Å². The predicted molar refractivity (Wildman–Crippen MR) is 105 cm³/mol. The van der Waals surface area contributed by atoms with Gasteiger partial charge < -0.3 is 10.6 Å². The third kappa shape index (κ3) is 3.88. The van der Waals surface area contributed by atoms with E-state index in [2.05, 4.69) is 28.9 Å². The van der Waals surface area contributed by atoms with Crippen LogP contribution in [-0.2, 0) is 0 Å². The number of likely N-dealkylation sites (tertiary alicyclic amines) is 1. The lowest BCUT2D eigenvalue weighted by Crippen LogP contribution is -2.54. The topological polar surface area (TPSA) is 89.9 Å². The number of aryl methyl sites for hydroxylation is 2. The van der Waals surface area contributed by atoms with Crippen LogP contribution in [0.15, 0.2) is 12.3 Å². The molecule has 1 atom stereocenters. The average Bonchev–Trinajstić information content (AvgIpc) is 3.01. The molecule has 1 unspecified atom stereocenters. The van der Waals surface area contributed by atoms with Crippen molar-refractivity contribution in [2.45, 2.75) is 59.9 Å². The van der Waals surface area contributed by atoms with Crippen LogP contribution >= 0.6 is 0 Å². The Bertz CT molecular complexity index is 834. The van der Waals surface area contributed by atoms with E-state index < -0.39 is 0 Å². The Morgan fingerprint density at radius 2 is 1.89 bits per heavy atom. The summed E-state index contributed by atoms with van der Waals surface area (Å²) in [6.45, 7) is 13.5. The number of nitrogens with two attached hydrogens (primary N) is 1. The molecule has 0 radical (unpaired) electrons. The fraction of sp³-hybridized carbons (Fsp3) is 0.600. The maximum atomic E-state index is 13.3. The lowest BCUT2D eigenvalue weighted by molar-refractivity contribution is 0.0531. The first-order valence-electron chi connectivity index (χ1n) is 9.55. The highest BCUT2D eigenvalue weighted by molar-refractivity contribution is 5.95. The first-order chi connectivity index (χ1) is 12.6. The zero-order valence-corrected chi connectivity index (χ0v) is 17.2. The second kappa shape index (κ2) is 7.03. The number of piperidine rings is 1. The molecule has 1 aliphatic rings. The van der Waals surface area contributed by atoms with Crippen molar-refractivity contribution in [3.05, 3.63) is 34.9 Å². The van der Waals surface area contributed by atoms with Crippen LogP contribution in [0.5, 0.6) is 0 Å². The molecule has 27 heavy (non-hydrogen) atoms. The molecule has 2 N–H and O–H groups in total. The molecule has 2 aromatic heterocycles. The van der Waals surface area contributed by atoms with Crippen molar-refractivity contribution in [2.24, 2.45) is 11.1 Å². The third-order valence-electron chi connectivity index (χ3n) is 5.29. The molecule has 3 rings (SSSR count). The Labute approximate surface area is 161 Å². The number of amides is 1. The Morgan fingerprint density at radius 3 is 2.44 bits per heavy atom. The molecule has 1 amide bonds. The maximum Gasteiger partial charge on any atom is 0.257 e. The summed E-state index contributed by atoms with van der Waals surface area (Å²) in [6.07, 6.45) is 2.58. The molecule has 0 aromatic carbocycles. The van der Waals surface area contributed by atoms with E-state index in [0.717, 1.165) is 23.5 Å². The fourth-order valence-corrected chi connectivity index (χ4v) is 3.61. The van der Waals surface area contributed by atoms with Gasteiger partial charge in [0.05, 0.1) is 11.3 Å². The van der Waals surface area contributed by atoms with Gasteiger partial charge in [0.1, 0.15) is 0 Å². The van der Waals surface area contributed by atoms with Crippen LogP contribution < -0.4 is 5.73 Å². The zero-order chi connectivity index (χ0) is 19.9. The predicted octanol–water partition coefficient (Wildman–Crippen LogP) is 2.60. The normalized spacial score (nSPS) is 19.6. The van der Waals surface area contributed by atoms with Crippen molar-refractivity contribution in [3.63, 3.8) is 0 Å². The van der Waals surface area contributed by atoms with Crippen LogP contribution in [0.25, 0.3) is 5.95 Å². The zero-order valence-electron chi connectivity index (χ0n) is 17.2. The second-order valence-corrected chi connectivity index (χ2v) is 8.59. The number of rotatable bonds is 3. The molecule has 1 fully saturated rings. The van der Waals surface area contributed by atoms with E-state index in [9.17, 15) is 4.79 Å². The number of carbonyl (C=O) groups is 1. The van der Waals surface area contributed by atoms with Crippen LogP contribution in [0.1, 0.15) is 67.5 Å². The van der Waals surface area contributed by atoms with Crippen LogP contribution in [0.3, 0.4) is 0 Å². The first kappa shape index (κ1) is 19.5. The minimum Gasteiger partial charge on any atom is -0.338 e. The van der Waals surface area contributed by atoms with Crippen LogP contribution in [0.2, 0.25) is 0 Å². The first-order valence-corrected chi connectivity index (χ1v) is 9.55. The highest BCUT2D eigenvalue weighted by atomic mass is 16.2. The van der Waals surface area contributed by atoms with Gasteiger partial charge >= 0.3 is 0 Å². The highest BCUT2D eigenvalue weighted by Gasteiger charge is 2.36. The average molecular weight is 371 g/mol. The minimum atomic E-state index is -0.0985. The van der Waals surface area contributed by atoms with Crippen molar-refractivity contribution < 1.29 is 4.79 Å². The number of nitrogens with zero attached hydrogens (tertiary/aromatic N) is 5. The molecule has 146 valence electrons. The van der Waals surface area contributed by atoms with E-state index in [4.69, 9.17) is 5.73 Å². The molecule has 0 bridgehead atoms. The lowest BCUT2D eigenvalue weighted by atomic mass is 9.79. The molecule has 0 spiro atoms. The molecular formula is C20H30N6O. The van der Waals surface area contributed by atoms with Gasteiger partial charge in [0.15, 0.2) is 0 Å². The van der Waals surface area contributed by atoms with Crippen LogP contribution in [0.4, 0.5) is 0 Å². The van der Waals surface area contributed by atoms with Crippen LogP contribution in [-0.4, -0.2) is 49.7 Å². The van der Waals surface area contributed by atoms with Gasteiger partial charge in [-0.1, -0.05) is 27.7 Å². The Morgan fingerprint density at radius 1 is 1.26 bits per heavy atom. The Hall–Kier alpha value is -2.28. The summed E-state index contributed by atoms with van der Waals surface area (Å²) >= 11 is 0. The molecule has 0 aliphatic carbocycles. The summed E-state index contributed by atoms with van der Waals surface area (Å²) in [5, 5.41) is 4.65. The lowest BCUT2D eigenvalue weighted by Gasteiger charge is -2.42. The van der Waals surface area contributed by atoms with Crippen molar-refractivity contribution in [2.75, 3.05) is 13.1 Å². The van der Waals surface area contributed by atoms with Gasteiger partial charge in [-0.3, -0.25) is 4.79 Å². The molecule has 7 heteroatoms. The minimum absolute atomic E-state index is 0.00861. The van der Waals surface area contributed by atoms with E-state index in [0.29, 0.717) is 24.6 Å². The Balaban J connectivity index is 1.97. The van der Waals surface area contributed by atoms with Gasteiger partial charge in [-0.25, -0.2) is 14.6 Å². The number of carbonyl (C=O) groups excluding carboxylic acids is 1. The quantitative estimate of drug-likeness (QED) is 0.897. The SMILES string of the molecule is Cc1cc(C)nc(-n2cc(C(=O)N3CCC(N)C(C)(C)C3)c(C(C)C)n2)n1. The monoisotopic (exact) mass is 370 g/mol. The third-order valence-corrected chi connectivity index (χ3v) is 5.29. The fourth-order valence-electron chi connectivity index (χ4n) is 3.61. The molecule has 1 saturated heterocycles. The molecule has 7 nitrogen and oxygen atoms in total. The summed E-state index contributed by atoms with van der Waals surface area (Å²) in [7, 11) is 0. The van der Waals surface area contributed by atoms with Crippen molar-refractivity contribution in [1.29, 1.82) is 0 Å². The van der Waals surface area contributed by atoms with Crippen LogP contribution in [0, 0.1) is 19.3 Å². The maximum absolute atomic E-state index is 13.3. The standard InChI is InChI=1S/C20H30N6O/c1-12(2)17-15(18(27)25-8-7-16(21)20(5,6)11-25)10-26(24-17)19-22-13(3)9-14(4)23-19/h9-10,12,16H,7-8,11,21H2,1-6H3.